The minimum absolute atomic E-state index is 0.193. The summed E-state index contributed by atoms with van der Waals surface area (Å²) in [4.78, 5) is 0. The van der Waals surface area contributed by atoms with E-state index in [-0.39, 0.29) is 16.9 Å². The Morgan fingerprint density at radius 2 is 1.92 bits per heavy atom. The van der Waals surface area contributed by atoms with Crippen molar-refractivity contribution in [3.63, 3.8) is 0 Å². The molecule has 0 radical (unpaired) electrons. The summed E-state index contributed by atoms with van der Waals surface area (Å²) < 4.78 is 0. The van der Waals surface area contributed by atoms with E-state index in [1.165, 1.54) is 0 Å². The van der Waals surface area contributed by atoms with Crippen molar-refractivity contribution in [3.8, 4) is 6.07 Å². The van der Waals surface area contributed by atoms with E-state index >= 15 is 0 Å². The lowest BCUT2D eigenvalue weighted by atomic mass is 9.63. The van der Waals surface area contributed by atoms with Gasteiger partial charge < -0.3 is 5.73 Å². The maximum absolute atomic E-state index is 8.99. The summed E-state index contributed by atoms with van der Waals surface area (Å²) in [6.07, 6.45) is 2.88. The molecule has 1 aliphatic rings. The Kier molecular flexibility index (Phi) is 2.18. The van der Waals surface area contributed by atoms with Crippen LogP contribution in [0, 0.1) is 22.2 Å². The Bertz CT molecular complexity index is 214. The molecule has 1 aliphatic carbocycles. The van der Waals surface area contributed by atoms with Gasteiger partial charge >= 0.3 is 0 Å². The molecule has 1 saturated carbocycles. The first-order chi connectivity index (χ1) is 5.37. The van der Waals surface area contributed by atoms with Crippen molar-refractivity contribution in [1.82, 2.24) is 0 Å². The van der Waals surface area contributed by atoms with E-state index in [1.54, 1.807) is 0 Å². The highest BCUT2D eigenvalue weighted by molar-refractivity contribution is 5.04. The summed E-state index contributed by atoms with van der Waals surface area (Å²) in [6.45, 7) is 6.41. The Hall–Kier alpha value is -0.550. The van der Waals surface area contributed by atoms with Crippen LogP contribution in [-0.2, 0) is 0 Å². The summed E-state index contributed by atoms with van der Waals surface area (Å²) in [5.74, 6) is 0. The lowest BCUT2D eigenvalue weighted by Gasteiger charge is -2.41. The summed E-state index contributed by atoms with van der Waals surface area (Å²) in [6, 6.07) is 2.59. The van der Waals surface area contributed by atoms with Crippen molar-refractivity contribution < 1.29 is 0 Å². The molecule has 1 rings (SSSR count). The molecule has 0 unspecified atom stereocenters. The Labute approximate surface area is 74.8 Å². The minimum atomic E-state index is -0.193. The fourth-order valence-electron chi connectivity index (χ4n) is 2.65. The van der Waals surface area contributed by atoms with Gasteiger partial charge in [0.15, 0.2) is 0 Å². The predicted molar refractivity (Wildman–Crippen MR) is 49.3 cm³/mol. The van der Waals surface area contributed by atoms with Gasteiger partial charge in [-0.05, 0) is 31.6 Å². The first kappa shape index (κ1) is 9.54. The van der Waals surface area contributed by atoms with Gasteiger partial charge in [-0.3, -0.25) is 0 Å². The van der Waals surface area contributed by atoms with Gasteiger partial charge in [0.2, 0.25) is 0 Å². The second kappa shape index (κ2) is 2.74. The van der Waals surface area contributed by atoms with Gasteiger partial charge in [-0.2, -0.15) is 5.26 Å². The molecule has 2 atom stereocenters. The van der Waals surface area contributed by atoms with Gasteiger partial charge in [0.25, 0.3) is 0 Å². The quantitative estimate of drug-likeness (QED) is 0.598. The van der Waals surface area contributed by atoms with Crippen molar-refractivity contribution in [1.29, 1.82) is 5.26 Å². The molecule has 0 aliphatic heterocycles. The smallest absolute Gasteiger partial charge is 0.0687 e. The SMILES string of the molecule is CC1(C)C[C@@H](N)C[C@](C)(C#N)C1. The third kappa shape index (κ3) is 1.98. The number of nitrogens with zero attached hydrogens (tertiary/aromatic N) is 1. The van der Waals surface area contributed by atoms with E-state index in [9.17, 15) is 0 Å². The van der Waals surface area contributed by atoms with E-state index in [0.29, 0.717) is 0 Å². The van der Waals surface area contributed by atoms with Gasteiger partial charge in [0.1, 0.15) is 0 Å². The molecule has 1 fully saturated rings. The first-order valence-corrected chi connectivity index (χ1v) is 4.54. The fraction of sp³-hybridized carbons (Fsp3) is 0.900. The molecule has 2 heteroatoms. The summed E-state index contributed by atoms with van der Waals surface area (Å²) in [5.41, 5.74) is 5.96. The Morgan fingerprint density at radius 1 is 1.33 bits per heavy atom. The largest absolute Gasteiger partial charge is 0.328 e. The topological polar surface area (TPSA) is 49.8 Å². The number of nitriles is 1. The van der Waals surface area contributed by atoms with Crippen LogP contribution in [0.15, 0.2) is 0 Å². The summed E-state index contributed by atoms with van der Waals surface area (Å²) in [5, 5.41) is 8.99. The highest BCUT2D eigenvalue weighted by Gasteiger charge is 2.40. The monoisotopic (exact) mass is 166 g/mol. The third-order valence-electron chi connectivity index (χ3n) is 2.67. The number of nitrogens with two attached hydrogens (primary N) is 1. The van der Waals surface area contributed by atoms with E-state index in [2.05, 4.69) is 19.9 Å². The maximum Gasteiger partial charge on any atom is 0.0687 e. The number of hydrogen-bond acceptors (Lipinski definition) is 2. The van der Waals surface area contributed by atoms with Crippen LogP contribution in [0.3, 0.4) is 0 Å². The molecule has 0 spiro atoms. The second-order valence-electron chi connectivity index (χ2n) is 5.18. The molecule has 0 bridgehead atoms. The molecule has 68 valence electrons. The fourth-order valence-corrected chi connectivity index (χ4v) is 2.65. The molecule has 12 heavy (non-hydrogen) atoms. The first-order valence-electron chi connectivity index (χ1n) is 4.54. The molecular formula is C10H18N2. The van der Waals surface area contributed by atoms with E-state index in [0.717, 1.165) is 19.3 Å². The molecule has 0 aromatic rings. The van der Waals surface area contributed by atoms with E-state index in [1.807, 2.05) is 6.92 Å². The third-order valence-corrected chi connectivity index (χ3v) is 2.67. The maximum atomic E-state index is 8.99. The lowest BCUT2D eigenvalue weighted by Crippen LogP contribution is -2.41. The number of hydrogen-bond donors (Lipinski definition) is 1. The van der Waals surface area contributed by atoms with Crippen molar-refractivity contribution in [2.24, 2.45) is 16.6 Å². The van der Waals surface area contributed by atoms with Crippen molar-refractivity contribution in [2.75, 3.05) is 0 Å². The van der Waals surface area contributed by atoms with Crippen LogP contribution in [0.5, 0.6) is 0 Å². The molecule has 2 N–H and O–H groups in total. The normalized spacial score (nSPS) is 40.4. The lowest BCUT2D eigenvalue weighted by molar-refractivity contribution is 0.126. The van der Waals surface area contributed by atoms with Gasteiger partial charge in [-0.1, -0.05) is 13.8 Å². The zero-order valence-corrected chi connectivity index (χ0v) is 8.22. The van der Waals surface area contributed by atoms with Crippen LogP contribution in [0.4, 0.5) is 0 Å². The van der Waals surface area contributed by atoms with Gasteiger partial charge in [-0.15, -0.1) is 0 Å². The molecule has 0 aromatic carbocycles. The van der Waals surface area contributed by atoms with Crippen LogP contribution in [-0.4, -0.2) is 6.04 Å². The van der Waals surface area contributed by atoms with Crippen molar-refractivity contribution in [3.05, 3.63) is 0 Å². The predicted octanol–water partition coefficient (Wildman–Crippen LogP) is 2.05. The second-order valence-corrected chi connectivity index (χ2v) is 5.18. The molecule has 0 aromatic heterocycles. The highest BCUT2D eigenvalue weighted by atomic mass is 14.7. The van der Waals surface area contributed by atoms with Crippen LogP contribution < -0.4 is 5.73 Å². The van der Waals surface area contributed by atoms with Gasteiger partial charge in [0.05, 0.1) is 11.5 Å². The number of rotatable bonds is 0. The minimum Gasteiger partial charge on any atom is -0.328 e. The van der Waals surface area contributed by atoms with Crippen molar-refractivity contribution in [2.45, 2.75) is 46.1 Å². The standard InChI is InChI=1S/C10H18N2/c1-9(2)4-8(12)5-10(3,6-9)7-11/h8H,4-6,12H2,1-3H3/t8-,10+/m1/s1. The average Bonchev–Trinajstić information content (AvgIpc) is 1.82. The van der Waals surface area contributed by atoms with Gasteiger partial charge in [-0.25, -0.2) is 0 Å². The Morgan fingerprint density at radius 3 is 2.33 bits per heavy atom. The van der Waals surface area contributed by atoms with Crippen LogP contribution >= 0.6 is 0 Å². The zero-order valence-electron chi connectivity index (χ0n) is 8.22. The molecule has 0 amide bonds. The highest BCUT2D eigenvalue weighted by Crippen LogP contribution is 2.44. The summed E-state index contributed by atoms with van der Waals surface area (Å²) >= 11 is 0. The molecule has 0 saturated heterocycles. The van der Waals surface area contributed by atoms with Crippen LogP contribution in [0.1, 0.15) is 40.0 Å². The zero-order chi connectivity index (χ0) is 9.41. The van der Waals surface area contributed by atoms with Crippen molar-refractivity contribution >= 4 is 0 Å². The Balaban J connectivity index is 2.78. The van der Waals surface area contributed by atoms with Crippen LogP contribution in [0.2, 0.25) is 0 Å². The van der Waals surface area contributed by atoms with Crippen LogP contribution in [0.25, 0.3) is 0 Å². The van der Waals surface area contributed by atoms with Gasteiger partial charge in [0, 0.05) is 6.04 Å². The molecule has 2 nitrogen and oxygen atoms in total. The van der Waals surface area contributed by atoms with E-state index in [4.69, 9.17) is 11.0 Å². The average molecular weight is 166 g/mol. The molecular weight excluding hydrogens is 148 g/mol. The van der Waals surface area contributed by atoms with E-state index < -0.39 is 0 Å². The molecule has 0 heterocycles. The summed E-state index contributed by atoms with van der Waals surface area (Å²) in [7, 11) is 0.